The molecule has 0 saturated heterocycles. The third-order valence-corrected chi connectivity index (χ3v) is 15.6. The van der Waals surface area contributed by atoms with Crippen LogP contribution in [0.15, 0.2) is 36.0 Å². The molecule has 0 amide bonds. The molecule has 0 unspecified atom stereocenters. The second-order valence-corrected chi connectivity index (χ2v) is 26.1. The van der Waals surface area contributed by atoms with Crippen LogP contribution in [0.3, 0.4) is 0 Å². The molecule has 0 aromatic carbocycles. The average molecular weight is 998 g/mol. The highest BCUT2D eigenvalue weighted by Crippen LogP contribution is 2.34. The summed E-state index contributed by atoms with van der Waals surface area (Å²) in [7, 11) is 0. The lowest BCUT2D eigenvalue weighted by Crippen LogP contribution is -2.31. The number of allylic oxidation sites excluding steroid dienone is 4. The Morgan fingerprint density at radius 2 is 0.500 bits per heavy atom. The maximum atomic E-state index is 11.2. The van der Waals surface area contributed by atoms with Gasteiger partial charge in [0.1, 0.15) is 0 Å². The van der Waals surface area contributed by atoms with E-state index in [0.29, 0.717) is 167 Å². The first kappa shape index (κ1) is 68.8. The van der Waals surface area contributed by atoms with Gasteiger partial charge in [0.15, 0.2) is 0 Å². The first-order valence-electron chi connectivity index (χ1n) is 27.9. The molecule has 10 N–H and O–H groups in total. The third kappa shape index (κ3) is 38.4. The molecule has 0 fully saturated rings. The first-order valence-corrected chi connectivity index (χ1v) is 27.9. The summed E-state index contributed by atoms with van der Waals surface area (Å²) in [4.78, 5) is 0. The van der Waals surface area contributed by atoms with Crippen LogP contribution in [-0.4, -0.2) is 107 Å². The van der Waals surface area contributed by atoms with E-state index in [0.717, 1.165) is 32.1 Å². The van der Waals surface area contributed by atoms with E-state index in [1.165, 1.54) is 11.1 Å². The first-order chi connectivity index (χ1) is 31.7. The molecule has 70 heavy (non-hydrogen) atoms. The summed E-state index contributed by atoms with van der Waals surface area (Å²) < 4.78 is 0. The Hall–Kier alpha value is -1.18. The summed E-state index contributed by atoms with van der Waals surface area (Å²) in [6.45, 7) is 28.2. The van der Waals surface area contributed by atoms with Crippen molar-refractivity contribution in [2.45, 2.75) is 345 Å². The molecule has 0 heterocycles. The lowest BCUT2D eigenvalue weighted by atomic mass is 9.83. The van der Waals surface area contributed by atoms with E-state index < -0.39 is 56.0 Å². The SMILES string of the molecule is C=C[C@@](C)(O)CC/C=C(\C)CCC[C@](C)(O)CCC[C@](C)(O)CCC[C@](C)(O)CCC[C@](C)(O)CCC[C@](C)(O)CCC[C@](C)(O)CCC[C@](C)(O)CCC[C@](C)(O)CCC[C@](C)(O)CCC=C(C)C. The van der Waals surface area contributed by atoms with Crippen molar-refractivity contribution in [3.63, 3.8) is 0 Å². The molecule has 0 aromatic rings. The molecule has 416 valence electrons. The van der Waals surface area contributed by atoms with Gasteiger partial charge in [0.25, 0.3) is 0 Å². The van der Waals surface area contributed by atoms with E-state index in [2.05, 4.69) is 39.5 Å². The quantitative estimate of drug-likeness (QED) is 0.0262. The molecular formula is C60H116O10. The summed E-state index contributed by atoms with van der Waals surface area (Å²) in [5.74, 6) is 0. The second kappa shape index (κ2) is 31.0. The lowest BCUT2D eigenvalue weighted by molar-refractivity contribution is -0.00889. The van der Waals surface area contributed by atoms with Crippen molar-refractivity contribution in [2.75, 3.05) is 0 Å². The summed E-state index contributed by atoms with van der Waals surface area (Å²) in [5, 5.41) is 110. The molecule has 0 spiro atoms. The van der Waals surface area contributed by atoms with E-state index in [9.17, 15) is 51.1 Å². The molecule has 0 radical (unpaired) electrons. The second-order valence-electron chi connectivity index (χ2n) is 26.1. The monoisotopic (exact) mass is 997 g/mol. The van der Waals surface area contributed by atoms with Gasteiger partial charge in [-0.1, -0.05) is 29.4 Å². The van der Waals surface area contributed by atoms with Crippen LogP contribution in [-0.2, 0) is 0 Å². The van der Waals surface area contributed by atoms with E-state index >= 15 is 0 Å². The molecular weight excluding hydrogens is 881 g/mol. The summed E-state index contributed by atoms with van der Waals surface area (Å²) in [6, 6.07) is 0. The van der Waals surface area contributed by atoms with E-state index in [1.807, 2.05) is 62.3 Å². The normalized spacial score (nSPS) is 21.3. The standard InChI is InChI=1S/C60H116O10/c1-15-51(5,61)30-17-28-50(4)29-18-32-53(7,63)34-20-36-55(9,65)38-22-40-57(11,67)42-24-44-59(13,69)46-26-48-60(14,70)47-25-45-58(12,68)43-23-41-56(10,66)39-21-37-54(8,64)35-19-33-52(6,62)31-16-27-49(2)3/h15,27-28,61-70H,1,16-26,29-48H2,2-14H3/b50-28+/t51-,52-,53+,54-,55+,56-,57+,58-,59+,60-/m1/s1. The van der Waals surface area contributed by atoms with Crippen LogP contribution in [0.2, 0.25) is 0 Å². The van der Waals surface area contributed by atoms with Gasteiger partial charge in [-0.15, -0.1) is 6.58 Å². The topological polar surface area (TPSA) is 202 Å². The molecule has 0 rings (SSSR count). The minimum absolute atomic E-state index is 0.536. The Morgan fingerprint density at radius 3 is 0.714 bits per heavy atom. The van der Waals surface area contributed by atoms with Gasteiger partial charge in [-0.2, -0.15) is 0 Å². The van der Waals surface area contributed by atoms with Gasteiger partial charge in [0.05, 0.1) is 56.0 Å². The molecule has 10 nitrogen and oxygen atoms in total. The largest absolute Gasteiger partial charge is 0.390 e. The van der Waals surface area contributed by atoms with Crippen molar-refractivity contribution in [1.29, 1.82) is 0 Å². The van der Waals surface area contributed by atoms with Crippen molar-refractivity contribution >= 4 is 0 Å². The van der Waals surface area contributed by atoms with Crippen LogP contribution < -0.4 is 0 Å². The summed E-state index contributed by atoms with van der Waals surface area (Å²) >= 11 is 0. The van der Waals surface area contributed by atoms with Gasteiger partial charge in [0, 0.05) is 0 Å². The summed E-state index contributed by atoms with van der Waals surface area (Å²) in [6.07, 6.45) is 25.8. The Kier molecular flexibility index (Phi) is 30.5. The van der Waals surface area contributed by atoms with Crippen LogP contribution in [0, 0.1) is 0 Å². The predicted octanol–water partition coefficient (Wildman–Crippen LogP) is 12.7. The molecule has 0 aliphatic rings. The third-order valence-electron chi connectivity index (χ3n) is 15.6. The average Bonchev–Trinajstić information content (AvgIpc) is 3.16. The zero-order valence-corrected chi connectivity index (χ0v) is 47.8. The highest BCUT2D eigenvalue weighted by atomic mass is 16.3. The van der Waals surface area contributed by atoms with Crippen LogP contribution in [0.5, 0.6) is 0 Å². The smallest absolute Gasteiger partial charge is 0.0800 e. The molecule has 10 atom stereocenters. The number of rotatable bonds is 43. The van der Waals surface area contributed by atoms with E-state index in [-0.39, 0.29) is 0 Å². The number of aliphatic hydroxyl groups is 10. The Bertz CT molecular complexity index is 1480. The van der Waals surface area contributed by atoms with Crippen LogP contribution in [0.4, 0.5) is 0 Å². The Balaban J connectivity index is 4.45. The van der Waals surface area contributed by atoms with Gasteiger partial charge >= 0.3 is 0 Å². The van der Waals surface area contributed by atoms with Crippen LogP contribution in [0.25, 0.3) is 0 Å². The molecule has 0 aliphatic carbocycles. The van der Waals surface area contributed by atoms with Gasteiger partial charge in [-0.3, -0.25) is 0 Å². The number of hydrogen-bond acceptors (Lipinski definition) is 10. The minimum atomic E-state index is -0.920. The number of hydrogen-bond donors (Lipinski definition) is 10. The molecule has 0 saturated carbocycles. The molecule has 0 bridgehead atoms. The van der Waals surface area contributed by atoms with Crippen LogP contribution >= 0.6 is 0 Å². The highest BCUT2D eigenvalue weighted by Gasteiger charge is 2.31. The fraction of sp³-hybridized carbons (Fsp3) is 0.900. The molecule has 10 heteroatoms. The highest BCUT2D eigenvalue weighted by molar-refractivity contribution is 5.01. The maximum Gasteiger partial charge on any atom is 0.0800 e. The zero-order valence-electron chi connectivity index (χ0n) is 47.8. The van der Waals surface area contributed by atoms with Crippen molar-refractivity contribution in [3.8, 4) is 0 Å². The van der Waals surface area contributed by atoms with Gasteiger partial charge in [-0.05, 0) is 289 Å². The summed E-state index contributed by atoms with van der Waals surface area (Å²) in [5.41, 5.74) is -6.18. The zero-order chi connectivity index (χ0) is 54.2. The molecule has 0 aromatic heterocycles. The van der Waals surface area contributed by atoms with Crippen molar-refractivity contribution in [3.05, 3.63) is 36.0 Å². The minimum Gasteiger partial charge on any atom is -0.390 e. The van der Waals surface area contributed by atoms with E-state index in [4.69, 9.17) is 0 Å². The van der Waals surface area contributed by atoms with Crippen molar-refractivity contribution in [2.24, 2.45) is 0 Å². The predicted molar refractivity (Wildman–Crippen MR) is 293 cm³/mol. The fourth-order valence-electron chi connectivity index (χ4n) is 10.2. The van der Waals surface area contributed by atoms with Gasteiger partial charge < -0.3 is 51.1 Å². The van der Waals surface area contributed by atoms with Crippen molar-refractivity contribution in [1.82, 2.24) is 0 Å². The Labute approximate surface area is 430 Å². The van der Waals surface area contributed by atoms with E-state index in [1.54, 1.807) is 13.0 Å². The lowest BCUT2D eigenvalue weighted by Gasteiger charge is -2.31. The molecule has 0 aliphatic heterocycles. The van der Waals surface area contributed by atoms with Gasteiger partial charge in [0.2, 0.25) is 0 Å². The fourth-order valence-corrected chi connectivity index (χ4v) is 10.2. The maximum absolute atomic E-state index is 11.2. The van der Waals surface area contributed by atoms with Gasteiger partial charge in [-0.25, -0.2) is 0 Å². The van der Waals surface area contributed by atoms with Crippen molar-refractivity contribution < 1.29 is 51.1 Å². The Morgan fingerprint density at radius 1 is 0.300 bits per heavy atom. The van der Waals surface area contributed by atoms with Crippen LogP contribution in [0.1, 0.15) is 289 Å².